The second kappa shape index (κ2) is 10.2. The summed E-state index contributed by atoms with van der Waals surface area (Å²) >= 11 is 0. The molecular formula is C25H28F2N4O3. The molecular weight excluding hydrogens is 442 g/mol. The molecule has 7 nitrogen and oxygen atoms in total. The second-order valence-electron chi connectivity index (χ2n) is 8.29. The lowest BCUT2D eigenvalue weighted by molar-refractivity contribution is -0.139. The summed E-state index contributed by atoms with van der Waals surface area (Å²) in [4.78, 5) is 31.4. The van der Waals surface area contributed by atoms with Gasteiger partial charge in [-0.2, -0.15) is 0 Å². The normalized spacial score (nSPS) is 19.3. The van der Waals surface area contributed by atoms with Crippen molar-refractivity contribution >= 4 is 17.7 Å². The Kier molecular flexibility index (Phi) is 7.12. The molecule has 180 valence electrons. The van der Waals surface area contributed by atoms with Gasteiger partial charge >= 0.3 is 12.0 Å². The Morgan fingerprint density at radius 1 is 1.06 bits per heavy atom. The third kappa shape index (κ3) is 4.89. The van der Waals surface area contributed by atoms with Crippen LogP contribution < -0.4 is 10.2 Å². The molecule has 1 unspecified atom stereocenters. The molecule has 1 atom stereocenters. The van der Waals surface area contributed by atoms with Gasteiger partial charge in [0.2, 0.25) is 0 Å². The minimum absolute atomic E-state index is 0.185. The number of hydrogen-bond acceptors (Lipinski definition) is 5. The summed E-state index contributed by atoms with van der Waals surface area (Å²) in [6.45, 7) is 4.74. The maximum absolute atomic E-state index is 14.2. The molecule has 2 heterocycles. The van der Waals surface area contributed by atoms with E-state index in [1.54, 1.807) is 38.2 Å². The number of nitrogens with zero attached hydrogens (tertiary/aromatic N) is 3. The molecule has 4 rings (SSSR count). The van der Waals surface area contributed by atoms with E-state index in [9.17, 15) is 18.4 Å². The summed E-state index contributed by atoms with van der Waals surface area (Å²) in [6, 6.07) is 11.3. The number of benzene rings is 2. The number of esters is 1. The van der Waals surface area contributed by atoms with Crippen molar-refractivity contribution in [2.24, 2.45) is 0 Å². The number of likely N-dealkylation sites (N-methyl/N-ethyl adjacent to an activating group) is 1. The van der Waals surface area contributed by atoms with Crippen molar-refractivity contribution in [1.82, 2.24) is 15.1 Å². The standard InChI is InChI=1S/C25H28F2N4O3/c1-3-34-24(32)22-21(29(2)25(33)28-23(22)17-8-10-18(26)11-9-17)16-30-12-14-31(15-13-30)20-7-5-4-6-19(20)27/h4-11,23H,3,12-16H2,1-2H3,(H,28,33). The highest BCUT2D eigenvalue weighted by Crippen LogP contribution is 2.32. The summed E-state index contributed by atoms with van der Waals surface area (Å²) < 4.78 is 33.0. The molecule has 1 N–H and O–H groups in total. The number of hydrogen-bond donors (Lipinski definition) is 1. The number of piperazine rings is 1. The van der Waals surface area contributed by atoms with Gasteiger partial charge in [-0.3, -0.25) is 9.80 Å². The molecule has 2 aromatic carbocycles. The van der Waals surface area contributed by atoms with Crippen molar-refractivity contribution < 1.29 is 23.1 Å². The van der Waals surface area contributed by atoms with Crippen LogP contribution in [0.2, 0.25) is 0 Å². The Hall–Kier alpha value is -3.46. The van der Waals surface area contributed by atoms with Gasteiger partial charge in [0.1, 0.15) is 11.6 Å². The number of carbonyl (C=O) groups excluding carboxylic acids is 2. The zero-order chi connectivity index (χ0) is 24.2. The molecule has 1 fully saturated rings. The predicted octanol–water partition coefficient (Wildman–Crippen LogP) is 3.30. The van der Waals surface area contributed by atoms with Gasteiger partial charge in [-0.15, -0.1) is 0 Å². The Morgan fingerprint density at radius 2 is 1.74 bits per heavy atom. The van der Waals surface area contributed by atoms with Gasteiger partial charge in [-0.05, 0) is 36.8 Å². The zero-order valence-electron chi connectivity index (χ0n) is 19.3. The Labute approximate surface area is 197 Å². The van der Waals surface area contributed by atoms with Crippen LogP contribution in [-0.2, 0) is 9.53 Å². The van der Waals surface area contributed by atoms with Gasteiger partial charge in [0.15, 0.2) is 0 Å². The first kappa shape index (κ1) is 23.7. The monoisotopic (exact) mass is 470 g/mol. The second-order valence-corrected chi connectivity index (χ2v) is 8.29. The molecule has 0 aromatic heterocycles. The number of urea groups is 1. The van der Waals surface area contributed by atoms with Gasteiger partial charge in [0.25, 0.3) is 0 Å². The molecule has 0 radical (unpaired) electrons. The predicted molar refractivity (Wildman–Crippen MR) is 124 cm³/mol. The third-order valence-corrected chi connectivity index (χ3v) is 6.21. The average molecular weight is 471 g/mol. The van der Waals surface area contributed by atoms with Crippen LogP contribution in [0.25, 0.3) is 0 Å². The fourth-order valence-corrected chi connectivity index (χ4v) is 4.37. The van der Waals surface area contributed by atoms with Crippen LogP contribution in [0.5, 0.6) is 0 Å². The van der Waals surface area contributed by atoms with Crippen LogP contribution in [0.4, 0.5) is 19.3 Å². The molecule has 9 heteroatoms. The Balaban J connectivity index is 1.60. The topological polar surface area (TPSA) is 65.1 Å². The molecule has 2 aromatic rings. The Bertz CT molecular complexity index is 1080. The van der Waals surface area contributed by atoms with Crippen LogP contribution in [0, 0.1) is 11.6 Å². The van der Waals surface area contributed by atoms with Gasteiger partial charge in [-0.1, -0.05) is 24.3 Å². The number of ether oxygens (including phenoxy) is 1. The van der Waals surface area contributed by atoms with Crippen LogP contribution in [0.15, 0.2) is 59.8 Å². The van der Waals surface area contributed by atoms with Crippen molar-refractivity contribution in [1.29, 1.82) is 0 Å². The SMILES string of the molecule is CCOC(=O)C1=C(CN2CCN(c3ccccc3F)CC2)N(C)C(=O)NC1c1ccc(F)cc1. The van der Waals surface area contributed by atoms with Crippen molar-refractivity contribution in [3.8, 4) is 0 Å². The quantitative estimate of drug-likeness (QED) is 0.657. The molecule has 0 bridgehead atoms. The fourth-order valence-electron chi connectivity index (χ4n) is 4.37. The summed E-state index contributed by atoms with van der Waals surface area (Å²) in [6.07, 6.45) is 0. The lowest BCUT2D eigenvalue weighted by Gasteiger charge is -2.40. The smallest absolute Gasteiger partial charge is 0.338 e. The lowest BCUT2D eigenvalue weighted by atomic mass is 9.94. The van der Waals surface area contributed by atoms with Crippen molar-refractivity contribution in [3.05, 3.63) is 77.0 Å². The van der Waals surface area contributed by atoms with Crippen LogP contribution >= 0.6 is 0 Å². The fraction of sp³-hybridized carbons (Fsp3) is 0.360. The van der Waals surface area contributed by atoms with E-state index in [0.717, 1.165) is 0 Å². The minimum Gasteiger partial charge on any atom is -0.463 e. The first-order valence-corrected chi connectivity index (χ1v) is 11.3. The summed E-state index contributed by atoms with van der Waals surface area (Å²) in [5.74, 6) is -1.18. The average Bonchev–Trinajstić information content (AvgIpc) is 2.83. The third-order valence-electron chi connectivity index (χ3n) is 6.21. The maximum Gasteiger partial charge on any atom is 0.338 e. The van der Waals surface area contributed by atoms with Crippen molar-refractivity contribution in [2.75, 3.05) is 51.3 Å². The number of para-hydroxylation sites is 1. The largest absolute Gasteiger partial charge is 0.463 e. The highest BCUT2D eigenvalue weighted by molar-refractivity contribution is 5.95. The molecule has 2 aliphatic rings. The highest BCUT2D eigenvalue weighted by atomic mass is 19.1. The van der Waals surface area contributed by atoms with E-state index in [-0.39, 0.29) is 18.5 Å². The van der Waals surface area contributed by atoms with E-state index in [4.69, 9.17) is 4.74 Å². The van der Waals surface area contributed by atoms with Gasteiger partial charge in [0, 0.05) is 45.5 Å². The van der Waals surface area contributed by atoms with E-state index in [0.29, 0.717) is 55.2 Å². The lowest BCUT2D eigenvalue weighted by Crippen LogP contribution is -2.52. The van der Waals surface area contributed by atoms with E-state index in [1.807, 2.05) is 11.0 Å². The first-order chi connectivity index (χ1) is 16.4. The number of halogens is 2. The molecule has 2 aliphatic heterocycles. The molecule has 0 spiro atoms. The van der Waals surface area contributed by atoms with Crippen molar-refractivity contribution in [3.63, 3.8) is 0 Å². The summed E-state index contributed by atoms with van der Waals surface area (Å²) in [5, 5.41) is 2.83. The Morgan fingerprint density at radius 3 is 2.38 bits per heavy atom. The number of amides is 2. The van der Waals surface area contributed by atoms with E-state index >= 15 is 0 Å². The maximum atomic E-state index is 14.2. The molecule has 1 saturated heterocycles. The molecule has 2 amide bonds. The van der Waals surface area contributed by atoms with E-state index < -0.39 is 17.8 Å². The van der Waals surface area contributed by atoms with Crippen molar-refractivity contribution in [2.45, 2.75) is 13.0 Å². The summed E-state index contributed by atoms with van der Waals surface area (Å²) in [7, 11) is 1.61. The number of anilines is 1. The van der Waals surface area contributed by atoms with Crippen LogP contribution in [0.1, 0.15) is 18.5 Å². The number of carbonyl (C=O) groups is 2. The molecule has 34 heavy (non-hydrogen) atoms. The number of nitrogens with one attached hydrogen (secondary N) is 1. The summed E-state index contributed by atoms with van der Waals surface area (Å²) in [5.41, 5.74) is 2.02. The number of rotatable bonds is 6. The van der Waals surface area contributed by atoms with E-state index in [1.165, 1.54) is 23.1 Å². The van der Waals surface area contributed by atoms with Crippen LogP contribution in [-0.4, -0.2) is 68.2 Å². The molecule has 0 aliphatic carbocycles. The highest BCUT2D eigenvalue weighted by Gasteiger charge is 2.37. The van der Waals surface area contributed by atoms with Gasteiger partial charge in [-0.25, -0.2) is 18.4 Å². The van der Waals surface area contributed by atoms with E-state index in [2.05, 4.69) is 10.2 Å². The zero-order valence-corrected chi connectivity index (χ0v) is 19.3. The van der Waals surface area contributed by atoms with Gasteiger partial charge < -0.3 is 15.0 Å². The minimum atomic E-state index is -0.752. The van der Waals surface area contributed by atoms with Crippen LogP contribution in [0.3, 0.4) is 0 Å². The van der Waals surface area contributed by atoms with Gasteiger partial charge in [0.05, 0.1) is 23.9 Å². The first-order valence-electron chi connectivity index (χ1n) is 11.3. The molecule has 0 saturated carbocycles.